The molecule has 0 aliphatic carbocycles. The van der Waals surface area contributed by atoms with E-state index in [4.69, 9.17) is 4.74 Å². The molecule has 0 radical (unpaired) electrons. The maximum Gasteiger partial charge on any atom is 0.243 e. The van der Waals surface area contributed by atoms with Gasteiger partial charge in [-0.05, 0) is 55.2 Å². The smallest absolute Gasteiger partial charge is 0.243 e. The van der Waals surface area contributed by atoms with Crippen LogP contribution in [0, 0.1) is 5.82 Å². The maximum absolute atomic E-state index is 14.5. The van der Waals surface area contributed by atoms with E-state index in [1.54, 1.807) is 24.1 Å². The summed E-state index contributed by atoms with van der Waals surface area (Å²) in [5.41, 5.74) is 1.60. The van der Waals surface area contributed by atoms with Gasteiger partial charge >= 0.3 is 0 Å². The largest absolute Gasteiger partial charge is 0.497 e. The highest BCUT2D eigenvalue weighted by Crippen LogP contribution is 2.23. The van der Waals surface area contributed by atoms with E-state index in [0.29, 0.717) is 12.2 Å². The normalized spacial score (nSPS) is 12.7. The summed E-state index contributed by atoms with van der Waals surface area (Å²) in [6.07, 6.45) is 2.10. The Balaban J connectivity index is 1.92. The minimum Gasteiger partial charge on any atom is -0.497 e. The SMILES string of the molecule is CC[C@H](C)NC(=O)[C@H](Cc1ccccc1)N(Cc1cccc(OC)c1)C(=O)CCCN(c1ccccc1F)S(C)(=O)=O. The summed E-state index contributed by atoms with van der Waals surface area (Å²) in [4.78, 5) is 29.1. The van der Waals surface area contributed by atoms with Gasteiger partial charge in [0.1, 0.15) is 17.6 Å². The van der Waals surface area contributed by atoms with Gasteiger partial charge in [0.25, 0.3) is 0 Å². The molecule has 1 N–H and O–H groups in total. The number of sulfonamides is 1. The van der Waals surface area contributed by atoms with Crippen LogP contribution >= 0.6 is 0 Å². The first-order valence-corrected chi connectivity index (χ1v) is 15.9. The fraction of sp³-hybridized carbons (Fsp3) is 0.375. The number of nitrogens with zero attached hydrogens (tertiary/aromatic N) is 2. The van der Waals surface area contributed by atoms with E-state index in [0.717, 1.165) is 28.1 Å². The standard InChI is InChI=1S/C32H40FN3O5S/c1-5-24(2)34-32(38)30(22-25-13-7-6-8-14-25)35(23-26-15-11-16-27(21-26)41-3)31(37)19-12-20-36(42(4,39)40)29-18-10-9-17-28(29)33/h6-11,13-18,21,24,30H,5,12,19-20,22-23H2,1-4H3,(H,34,38)/t24-,30-/m0/s1. The molecule has 0 saturated heterocycles. The average molecular weight is 598 g/mol. The number of amides is 2. The van der Waals surface area contributed by atoms with Gasteiger partial charge in [-0.15, -0.1) is 0 Å². The number of hydrogen-bond donors (Lipinski definition) is 1. The summed E-state index contributed by atoms with van der Waals surface area (Å²) in [6.45, 7) is 3.93. The number of anilines is 1. The van der Waals surface area contributed by atoms with E-state index in [1.807, 2.05) is 62.4 Å². The Morgan fingerprint density at radius 3 is 2.29 bits per heavy atom. The van der Waals surface area contributed by atoms with Crippen molar-refractivity contribution in [3.8, 4) is 5.75 Å². The maximum atomic E-state index is 14.5. The van der Waals surface area contributed by atoms with E-state index in [1.165, 1.54) is 18.2 Å². The number of halogens is 1. The molecule has 3 aromatic carbocycles. The Kier molecular flexibility index (Phi) is 11.9. The molecular formula is C32H40FN3O5S. The summed E-state index contributed by atoms with van der Waals surface area (Å²) in [7, 11) is -2.25. The Morgan fingerprint density at radius 1 is 0.976 bits per heavy atom. The van der Waals surface area contributed by atoms with E-state index < -0.39 is 21.9 Å². The molecule has 3 rings (SSSR count). The number of carbonyl (C=O) groups is 2. The second kappa shape index (κ2) is 15.3. The first-order valence-electron chi connectivity index (χ1n) is 14.0. The highest BCUT2D eigenvalue weighted by atomic mass is 32.2. The Labute approximate surface area is 248 Å². The number of carbonyl (C=O) groups excluding carboxylic acids is 2. The van der Waals surface area contributed by atoms with E-state index in [9.17, 15) is 22.4 Å². The van der Waals surface area contributed by atoms with Crippen LogP contribution in [-0.2, 0) is 32.6 Å². The van der Waals surface area contributed by atoms with Crippen molar-refractivity contribution >= 4 is 27.5 Å². The monoisotopic (exact) mass is 597 g/mol. The fourth-order valence-electron chi connectivity index (χ4n) is 4.60. The lowest BCUT2D eigenvalue weighted by Crippen LogP contribution is -2.52. The molecule has 3 aromatic rings. The molecule has 0 bridgehead atoms. The van der Waals surface area contributed by atoms with Crippen LogP contribution in [0.2, 0.25) is 0 Å². The van der Waals surface area contributed by atoms with Crippen molar-refractivity contribution in [3.63, 3.8) is 0 Å². The number of methoxy groups -OCH3 is 1. The van der Waals surface area contributed by atoms with Crippen LogP contribution in [0.3, 0.4) is 0 Å². The molecule has 42 heavy (non-hydrogen) atoms. The van der Waals surface area contributed by atoms with Gasteiger partial charge in [0.15, 0.2) is 0 Å². The van der Waals surface area contributed by atoms with Gasteiger partial charge < -0.3 is 15.0 Å². The number of nitrogens with one attached hydrogen (secondary N) is 1. The van der Waals surface area contributed by atoms with Crippen molar-refractivity contribution in [1.82, 2.24) is 10.2 Å². The lowest BCUT2D eigenvalue weighted by molar-refractivity contribution is -0.141. The molecule has 226 valence electrons. The zero-order valence-corrected chi connectivity index (χ0v) is 25.4. The third-order valence-corrected chi connectivity index (χ3v) is 8.21. The van der Waals surface area contributed by atoms with Crippen molar-refractivity contribution in [3.05, 3.63) is 95.8 Å². The van der Waals surface area contributed by atoms with Crippen LogP contribution in [-0.4, -0.2) is 57.1 Å². The minimum atomic E-state index is -3.81. The molecule has 0 aliphatic rings. The molecule has 10 heteroatoms. The van der Waals surface area contributed by atoms with Gasteiger partial charge in [0.05, 0.1) is 19.1 Å². The summed E-state index contributed by atoms with van der Waals surface area (Å²) in [5, 5.41) is 3.03. The van der Waals surface area contributed by atoms with E-state index in [2.05, 4.69) is 5.32 Å². The first kappa shape index (κ1) is 32.6. The predicted octanol–water partition coefficient (Wildman–Crippen LogP) is 4.94. The second-order valence-electron chi connectivity index (χ2n) is 10.3. The van der Waals surface area contributed by atoms with Gasteiger partial charge in [-0.1, -0.05) is 61.5 Å². The fourth-order valence-corrected chi connectivity index (χ4v) is 5.57. The van der Waals surface area contributed by atoms with Gasteiger partial charge in [-0.25, -0.2) is 12.8 Å². The Bertz CT molecular complexity index is 1430. The molecule has 0 fully saturated rings. The summed E-state index contributed by atoms with van der Waals surface area (Å²) >= 11 is 0. The van der Waals surface area contributed by atoms with E-state index >= 15 is 0 Å². The van der Waals surface area contributed by atoms with Crippen molar-refractivity contribution in [1.29, 1.82) is 0 Å². The third-order valence-electron chi connectivity index (χ3n) is 7.03. The third kappa shape index (κ3) is 9.30. The zero-order valence-electron chi connectivity index (χ0n) is 24.6. The predicted molar refractivity (Wildman–Crippen MR) is 163 cm³/mol. The number of benzene rings is 3. The summed E-state index contributed by atoms with van der Waals surface area (Å²) in [6, 6.07) is 21.5. The van der Waals surface area contributed by atoms with Crippen LogP contribution in [0.15, 0.2) is 78.9 Å². The summed E-state index contributed by atoms with van der Waals surface area (Å²) in [5.74, 6) is -0.635. The lowest BCUT2D eigenvalue weighted by Gasteiger charge is -2.33. The van der Waals surface area contributed by atoms with E-state index in [-0.39, 0.29) is 49.5 Å². The zero-order chi connectivity index (χ0) is 30.7. The number of rotatable bonds is 15. The molecule has 0 aromatic heterocycles. The quantitative estimate of drug-likeness (QED) is 0.268. The molecule has 8 nitrogen and oxygen atoms in total. The first-order chi connectivity index (χ1) is 20.0. The van der Waals surface area contributed by atoms with Crippen LogP contribution in [0.1, 0.15) is 44.2 Å². The molecule has 0 heterocycles. The van der Waals surface area contributed by atoms with Crippen LogP contribution < -0.4 is 14.4 Å². The van der Waals surface area contributed by atoms with Gasteiger partial charge in [-0.3, -0.25) is 13.9 Å². The molecule has 0 unspecified atom stereocenters. The van der Waals surface area contributed by atoms with Crippen LogP contribution in [0.25, 0.3) is 0 Å². The highest BCUT2D eigenvalue weighted by molar-refractivity contribution is 7.92. The van der Waals surface area contributed by atoms with Gasteiger partial charge in [0.2, 0.25) is 21.8 Å². The second-order valence-corrected chi connectivity index (χ2v) is 12.2. The van der Waals surface area contributed by atoms with Gasteiger partial charge in [-0.2, -0.15) is 0 Å². The topological polar surface area (TPSA) is 96.0 Å². The summed E-state index contributed by atoms with van der Waals surface area (Å²) < 4.78 is 45.9. The van der Waals surface area contributed by atoms with Crippen molar-refractivity contribution in [2.24, 2.45) is 0 Å². The van der Waals surface area contributed by atoms with Crippen molar-refractivity contribution in [2.75, 3.05) is 24.2 Å². The molecule has 2 amide bonds. The minimum absolute atomic E-state index is 0.0493. The van der Waals surface area contributed by atoms with Crippen molar-refractivity contribution < 1.29 is 27.1 Å². The van der Waals surface area contributed by atoms with Crippen LogP contribution in [0.5, 0.6) is 5.75 Å². The molecule has 0 saturated carbocycles. The number of para-hydroxylation sites is 1. The van der Waals surface area contributed by atoms with Crippen LogP contribution in [0.4, 0.5) is 10.1 Å². The molecule has 0 spiro atoms. The average Bonchev–Trinajstić information content (AvgIpc) is 2.97. The number of hydrogen-bond acceptors (Lipinski definition) is 5. The van der Waals surface area contributed by atoms with Crippen molar-refractivity contribution in [2.45, 2.75) is 58.2 Å². The Morgan fingerprint density at radius 2 is 1.64 bits per heavy atom. The van der Waals surface area contributed by atoms with Gasteiger partial charge in [0, 0.05) is 32.0 Å². The molecular weight excluding hydrogens is 557 g/mol. The molecule has 2 atom stereocenters. The number of ether oxygens (including phenoxy) is 1. The Hall–Kier alpha value is -3.92. The molecule has 0 aliphatic heterocycles. The highest BCUT2D eigenvalue weighted by Gasteiger charge is 2.31. The lowest BCUT2D eigenvalue weighted by atomic mass is 10.0.